The van der Waals surface area contributed by atoms with E-state index in [2.05, 4.69) is 27.5 Å². The maximum Gasteiger partial charge on any atom is 0.253 e. The molecular formula is C21H24N4O2. The quantitative estimate of drug-likeness (QED) is 0.747. The van der Waals surface area contributed by atoms with Crippen molar-refractivity contribution in [2.24, 2.45) is 7.05 Å². The van der Waals surface area contributed by atoms with E-state index in [4.69, 9.17) is 0 Å². The molecular weight excluding hydrogens is 340 g/mol. The number of carbonyl (C=O) groups is 1. The smallest absolute Gasteiger partial charge is 0.253 e. The molecule has 0 saturated carbocycles. The predicted molar refractivity (Wildman–Crippen MR) is 105 cm³/mol. The van der Waals surface area contributed by atoms with Crippen molar-refractivity contribution in [1.29, 1.82) is 0 Å². The molecule has 27 heavy (non-hydrogen) atoms. The Hall–Kier alpha value is -2.89. The van der Waals surface area contributed by atoms with E-state index in [1.54, 1.807) is 4.68 Å². The van der Waals surface area contributed by atoms with Gasteiger partial charge in [0.25, 0.3) is 5.56 Å². The average Bonchev–Trinajstić information content (AvgIpc) is 3.16. The molecule has 1 aliphatic rings. The Morgan fingerprint density at radius 1 is 1.33 bits per heavy atom. The van der Waals surface area contributed by atoms with Gasteiger partial charge < -0.3 is 10.3 Å². The number of hydrogen-bond donors (Lipinski definition) is 2. The summed E-state index contributed by atoms with van der Waals surface area (Å²) in [6, 6.07) is 8.33. The van der Waals surface area contributed by atoms with Crippen LogP contribution in [0.15, 0.2) is 29.1 Å². The topological polar surface area (TPSA) is 79.8 Å². The van der Waals surface area contributed by atoms with Crippen LogP contribution in [-0.2, 0) is 24.7 Å². The number of aryl methyl sites for hydroxylation is 4. The molecule has 1 unspecified atom stereocenters. The van der Waals surface area contributed by atoms with E-state index >= 15 is 0 Å². The lowest BCUT2D eigenvalue weighted by atomic mass is 10.0. The Labute approximate surface area is 157 Å². The number of amides is 1. The minimum atomic E-state index is -0.137. The van der Waals surface area contributed by atoms with Crippen molar-refractivity contribution >= 4 is 16.9 Å². The highest BCUT2D eigenvalue weighted by molar-refractivity contribution is 5.83. The number of pyridine rings is 1. The minimum absolute atomic E-state index is 0.0153. The zero-order valence-electron chi connectivity index (χ0n) is 15.9. The van der Waals surface area contributed by atoms with E-state index in [-0.39, 0.29) is 17.5 Å². The van der Waals surface area contributed by atoms with Gasteiger partial charge >= 0.3 is 0 Å². The van der Waals surface area contributed by atoms with Gasteiger partial charge in [-0.05, 0) is 49.8 Å². The van der Waals surface area contributed by atoms with Crippen molar-refractivity contribution in [3.63, 3.8) is 0 Å². The number of nitrogens with one attached hydrogen (secondary N) is 2. The zero-order valence-corrected chi connectivity index (χ0v) is 15.9. The van der Waals surface area contributed by atoms with Gasteiger partial charge in [-0.2, -0.15) is 5.10 Å². The molecule has 0 spiro atoms. The summed E-state index contributed by atoms with van der Waals surface area (Å²) < 4.78 is 1.69. The van der Waals surface area contributed by atoms with Crippen LogP contribution in [0.4, 0.5) is 0 Å². The first-order valence-corrected chi connectivity index (χ1v) is 9.38. The van der Waals surface area contributed by atoms with Crippen LogP contribution in [0.3, 0.4) is 0 Å². The molecule has 0 radical (unpaired) electrons. The van der Waals surface area contributed by atoms with Gasteiger partial charge in [0.05, 0.1) is 11.7 Å². The summed E-state index contributed by atoms with van der Waals surface area (Å²) in [7, 11) is 1.82. The number of H-pyrrole nitrogens is 1. The molecule has 2 heterocycles. The van der Waals surface area contributed by atoms with Gasteiger partial charge in [0, 0.05) is 24.4 Å². The molecule has 4 rings (SSSR count). The fourth-order valence-corrected chi connectivity index (χ4v) is 4.27. The Kier molecular flexibility index (Phi) is 4.34. The molecule has 1 amide bonds. The summed E-state index contributed by atoms with van der Waals surface area (Å²) in [5.74, 6) is -0.0153. The first-order valence-electron chi connectivity index (χ1n) is 9.38. The SMILES string of the molecule is Cc1nn(C)c2[nH]c(=O)c(CCC(=O)NC3CCc4ccccc43)c(C)c12. The van der Waals surface area contributed by atoms with Crippen LogP contribution in [0, 0.1) is 13.8 Å². The molecule has 140 valence electrons. The van der Waals surface area contributed by atoms with Crippen molar-refractivity contribution in [3.8, 4) is 0 Å². The second-order valence-electron chi connectivity index (χ2n) is 7.35. The van der Waals surface area contributed by atoms with Crippen molar-refractivity contribution in [3.05, 3.63) is 62.6 Å². The van der Waals surface area contributed by atoms with Gasteiger partial charge in [-0.3, -0.25) is 14.3 Å². The van der Waals surface area contributed by atoms with Gasteiger partial charge in [0.1, 0.15) is 5.65 Å². The van der Waals surface area contributed by atoms with Crippen LogP contribution in [0.5, 0.6) is 0 Å². The Balaban J connectivity index is 1.50. The fraction of sp³-hybridized carbons (Fsp3) is 0.381. The Morgan fingerprint density at radius 3 is 2.93 bits per heavy atom. The van der Waals surface area contributed by atoms with Crippen molar-refractivity contribution in [2.75, 3.05) is 0 Å². The molecule has 0 bridgehead atoms. The van der Waals surface area contributed by atoms with Crippen LogP contribution in [0.1, 0.15) is 46.8 Å². The maximum absolute atomic E-state index is 12.5. The van der Waals surface area contributed by atoms with Gasteiger partial charge in [-0.25, -0.2) is 0 Å². The molecule has 0 aliphatic heterocycles. The van der Waals surface area contributed by atoms with Crippen molar-refractivity contribution in [2.45, 2.75) is 45.6 Å². The lowest BCUT2D eigenvalue weighted by Gasteiger charge is -2.14. The summed E-state index contributed by atoms with van der Waals surface area (Å²) in [5.41, 5.74) is 5.58. The minimum Gasteiger partial charge on any atom is -0.349 e. The highest BCUT2D eigenvalue weighted by atomic mass is 16.1. The number of nitrogens with zero attached hydrogens (tertiary/aromatic N) is 2. The normalized spacial score (nSPS) is 15.9. The zero-order chi connectivity index (χ0) is 19.1. The second kappa shape index (κ2) is 6.68. The van der Waals surface area contributed by atoms with Crippen LogP contribution in [0.2, 0.25) is 0 Å². The molecule has 1 aliphatic carbocycles. The number of benzene rings is 1. The summed E-state index contributed by atoms with van der Waals surface area (Å²) >= 11 is 0. The molecule has 1 aromatic carbocycles. The van der Waals surface area contributed by atoms with Gasteiger partial charge in [0.2, 0.25) is 5.91 Å². The predicted octanol–water partition coefficient (Wildman–Crippen LogP) is 2.61. The number of hydrogen-bond acceptors (Lipinski definition) is 3. The number of aromatic nitrogens is 3. The molecule has 6 heteroatoms. The van der Waals surface area contributed by atoms with E-state index in [1.807, 2.05) is 33.0 Å². The van der Waals surface area contributed by atoms with E-state index in [9.17, 15) is 9.59 Å². The number of aromatic amines is 1. The van der Waals surface area contributed by atoms with Crippen LogP contribution in [-0.4, -0.2) is 20.7 Å². The molecule has 2 aromatic heterocycles. The summed E-state index contributed by atoms with van der Waals surface area (Å²) in [6.07, 6.45) is 2.65. The number of fused-ring (bicyclic) bond motifs is 2. The fourth-order valence-electron chi connectivity index (χ4n) is 4.27. The van der Waals surface area contributed by atoms with Crippen molar-refractivity contribution < 1.29 is 4.79 Å². The highest BCUT2D eigenvalue weighted by Gasteiger charge is 2.23. The van der Waals surface area contributed by atoms with Gasteiger partial charge in [0.15, 0.2) is 0 Å². The number of carbonyl (C=O) groups excluding carboxylic acids is 1. The maximum atomic E-state index is 12.5. The summed E-state index contributed by atoms with van der Waals surface area (Å²) in [4.78, 5) is 27.9. The summed E-state index contributed by atoms with van der Waals surface area (Å²) in [6.45, 7) is 3.87. The largest absolute Gasteiger partial charge is 0.349 e. The molecule has 1 atom stereocenters. The molecule has 2 N–H and O–H groups in total. The van der Waals surface area contributed by atoms with Crippen LogP contribution in [0.25, 0.3) is 11.0 Å². The molecule has 0 fully saturated rings. The monoisotopic (exact) mass is 364 g/mol. The second-order valence-corrected chi connectivity index (χ2v) is 7.35. The lowest BCUT2D eigenvalue weighted by molar-refractivity contribution is -0.121. The van der Waals surface area contributed by atoms with Crippen LogP contribution >= 0.6 is 0 Å². The average molecular weight is 364 g/mol. The molecule has 3 aromatic rings. The van der Waals surface area contributed by atoms with Crippen molar-refractivity contribution in [1.82, 2.24) is 20.1 Å². The molecule has 6 nitrogen and oxygen atoms in total. The summed E-state index contributed by atoms with van der Waals surface area (Å²) in [5, 5.41) is 8.48. The van der Waals surface area contributed by atoms with E-state index in [0.29, 0.717) is 18.4 Å². The first kappa shape index (κ1) is 17.5. The third-order valence-corrected chi connectivity index (χ3v) is 5.63. The Bertz CT molecular complexity index is 1090. The van der Waals surface area contributed by atoms with Crippen LogP contribution < -0.4 is 10.9 Å². The van der Waals surface area contributed by atoms with E-state index in [0.717, 1.165) is 35.1 Å². The van der Waals surface area contributed by atoms with E-state index < -0.39 is 0 Å². The standard InChI is InChI=1S/C21H24N4O2/c1-12-15(21(27)23-20-19(12)13(2)24-25(20)3)9-11-18(26)22-17-10-8-14-6-4-5-7-16(14)17/h4-7,17H,8-11H2,1-3H3,(H,22,26)(H,23,27). The first-order chi connectivity index (χ1) is 13.0. The molecule has 0 saturated heterocycles. The third kappa shape index (κ3) is 3.05. The van der Waals surface area contributed by atoms with Gasteiger partial charge in [-0.15, -0.1) is 0 Å². The number of rotatable bonds is 4. The lowest BCUT2D eigenvalue weighted by Crippen LogP contribution is -2.28. The highest BCUT2D eigenvalue weighted by Crippen LogP contribution is 2.30. The van der Waals surface area contributed by atoms with Gasteiger partial charge in [-0.1, -0.05) is 24.3 Å². The van der Waals surface area contributed by atoms with E-state index in [1.165, 1.54) is 11.1 Å². The third-order valence-electron chi connectivity index (χ3n) is 5.63. The Morgan fingerprint density at radius 2 is 2.11 bits per heavy atom.